The number of benzene rings is 2. The van der Waals surface area contributed by atoms with E-state index >= 15 is 0 Å². The van der Waals surface area contributed by atoms with Crippen LogP contribution in [-0.4, -0.2) is 24.8 Å². The number of ether oxygens (including phenoxy) is 1. The Bertz CT molecular complexity index is 643. The minimum atomic E-state index is -0.0865. The average molecular weight is 364 g/mol. The molecule has 128 valence electrons. The molecule has 0 saturated carbocycles. The quantitative estimate of drug-likeness (QED) is 0.758. The molecule has 0 aliphatic heterocycles. The minimum Gasteiger partial charge on any atom is -0.497 e. The van der Waals surface area contributed by atoms with Crippen LogP contribution in [0.1, 0.15) is 18.1 Å². The number of rotatable bonds is 8. The molecule has 0 fully saturated rings. The van der Waals surface area contributed by atoms with Crippen molar-refractivity contribution in [2.24, 2.45) is 0 Å². The van der Waals surface area contributed by atoms with Crippen LogP contribution < -0.4 is 10.1 Å². The molecule has 0 radical (unpaired) electrons. The van der Waals surface area contributed by atoms with Gasteiger partial charge in [-0.1, -0.05) is 35.9 Å². The maximum absolute atomic E-state index is 12.1. The molecule has 0 spiro atoms. The highest BCUT2D eigenvalue weighted by atomic mass is 35.5. The molecule has 1 amide bonds. The highest BCUT2D eigenvalue weighted by molar-refractivity contribution is 7.99. The summed E-state index contributed by atoms with van der Waals surface area (Å²) in [5.41, 5.74) is 2.35. The van der Waals surface area contributed by atoms with Gasteiger partial charge in [0.2, 0.25) is 5.91 Å². The van der Waals surface area contributed by atoms with Crippen LogP contribution in [0.3, 0.4) is 0 Å². The van der Waals surface area contributed by atoms with Crippen LogP contribution in [0.5, 0.6) is 5.75 Å². The van der Waals surface area contributed by atoms with Crippen molar-refractivity contribution in [3.8, 4) is 5.75 Å². The standard InChI is InChI=1S/C19H22ClNO2S/c1-14(24-13-16-3-7-17(20)8-4-16)19(22)21-12-11-15-5-9-18(23-2)10-6-15/h3-10,14H,11-13H2,1-2H3,(H,21,22)/t14-/m1/s1. The number of hydrogen-bond donors (Lipinski definition) is 1. The van der Waals surface area contributed by atoms with Gasteiger partial charge in [-0.25, -0.2) is 0 Å². The molecule has 2 aromatic carbocycles. The molecule has 0 bridgehead atoms. The zero-order chi connectivity index (χ0) is 17.4. The zero-order valence-electron chi connectivity index (χ0n) is 13.9. The van der Waals surface area contributed by atoms with Gasteiger partial charge in [-0.05, 0) is 48.7 Å². The van der Waals surface area contributed by atoms with Gasteiger partial charge in [0.25, 0.3) is 0 Å². The van der Waals surface area contributed by atoms with Gasteiger partial charge in [0.05, 0.1) is 12.4 Å². The van der Waals surface area contributed by atoms with E-state index in [4.69, 9.17) is 16.3 Å². The summed E-state index contributed by atoms with van der Waals surface area (Å²) in [6.07, 6.45) is 0.810. The Balaban J connectivity index is 1.69. The first kappa shape index (κ1) is 18.7. The van der Waals surface area contributed by atoms with Crippen molar-refractivity contribution in [1.29, 1.82) is 0 Å². The molecule has 2 aromatic rings. The van der Waals surface area contributed by atoms with Gasteiger partial charge in [-0.15, -0.1) is 11.8 Å². The molecule has 0 aliphatic carbocycles. The third kappa shape index (κ3) is 6.10. The molecular weight excluding hydrogens is 342 g/mol. The summed E-state index contributed by atoms with van der Waals surface area (Å²) < 4.78 is 5.13. The lowest BCUT2D eigenvalue weighted by Gasteiger charge is -2.12. The number of carbonyl (C=O) groups excluding carboxylic acids is 1. The van der Waals surface area contributed by atoms with E-state index in [9.17, 15) is 4.79 Å². The third-order valence-electron chi connectivity index (χ3n) is 3.65. The average Bonchev–Trinajstić information content (AvgIpc) is 2.61. The van der Waals surface area contributed by atoms with Crippen molar-refractivity contribution < 1.29 is 9.53 Å². The van der Waals surface area contributed by atoms with Crippen molar-refractivity contribution in [1.82, 2.24) is 5.32 Å². The van der Waals surface area contributed by atoms with E-state index in [1.165, 1.54) is 11.1 Å². The molecule has 0 unspecified atom stereocenters. The summed E-state index contributed by atoms with van der Waals surface area (Å²) in [7, 11) is 1.65. The smallest absolute Gasteiger partial charge is 0.232 e. The fourth-order valence-electron chi connectivity index (χ4n) is 2.14. The maximum Gasteiger partial charge on any atom is 0.232 e. The zero-order valence-corrected chi connectivity index (χ0v) is 15.5. The second-order valence-electron chi connectivity index (χ2n) is 5.47. The fourth-order valence-corrected chi connectivity index (χ4v) is 3.14. The summed E-state index contributed by atoms with van der Waals surface area (Å²) in [5, 5.41) is 3.64. The first-order valence-corrected chi connectivity index (χ1v) is 9.28. The van der Waals surface area contributed by atoms with Gasteiger partial charge in [0.15, 0.2) is 0 Å². The molecule has 1 N–H and O–H groups in total. The Morgan fingerprint density at radius 1 is 1.12 bits per heavy atom. The second-order valence-corrected chi connectivity index (χ2v) is 7.23. The Hall–Kier alpha value is -1.65. The highest BCUT2D eigenvalue weighted by Crippen LogP contribution is 2.19. The summed E-state index contributed by atoms with van der Waals surface area (Å²) in [4.78, 5) is 12.1. The molecule has 1 atom stereocenters. The summed E-state index contributed by atoms with van der Waals surface area (Å²) >= 11 is 7.49. The fraction of sp³-hybridized carbons (Fsp3) is 0.316. The molecular formula is C19H22ClNO2S. The second kappa shape index (κ2) is 9.60. The predicted octanol–water partition coefficient (Wildman–Crippen LogP) is 4.33. The molecule has 0 aromatic heterocycles. The van der Waals surface area contributed by atoms with Gasteiger partial charge in [-0.3, -0.25) is 4.79 Å². The maximum atomic E-state index is 12.1. The van der Waals surface area contributed by atoms with Crippen LogP contribution in [0.2, 0.25) is 5.02 Å². The van der Waals surface area contributed by atoms with Crippen molar-refractivity contribution in [2.45, 2.75) is 24.3 Å². The number of amides is 1. The summed E-state index contributed by atoms with van der Waals surface area (Å²) in [6, 6.07) is 15.6. The molecule has 24 heavy (non-hydrogen) atoms. The Kier molecular flexibility index (Phi) is 7.47. The van der Waals surface area contributed by atoms with E-state index < -0.39 is 0 Å². The molecule has 5 heteroatoms. The van der Waals surface area contributed by atoms with Crippen molar-refractivity contribution in [2.75, 3.05) is 13.7 Å². The molecule has 0 heterocycles. The Morgan fingerprint density at radius 3 is 2.38 bits per heavy atom. The summed E-state index contributed by atoms with van der Waals surface area (Å²) in [5.74, 6) is 1.71. The van der Waals surface area contributed by atoms with Gasteiger partial charge in [-0.2, -0.15) is 0 Å². The van der Waals surface area contributed by atoms with Crippen molar-refractivity contribution in [3.05, 3.63) is 64.7 Å². The molecule has 2 rings (SSSR count). The van der Waals surface area contributed by atoms with E-state index in [0.29, 0.717) is 6.54 Å². The first-order valence-electron chi connectivity index (χ1n) is 7.85. The Labute approximate surface area is 152 Å². The van der Waals surface area contributed by atoms with Gasteiger partial charge in [0, 0.05) is 17.3 Å². The van der Waals surface area contributed by atoms with Gasteiger partial charge < -0.3 is 10.1 Å². The van der Waals surface area contributed by atoms with Gasteiger partial charge >= 0.3 is 0 Å². The predicted molar refractivity (Wildman–Crippen MR) is 102 cm³/mol. The van der Waals surface area contributed by atoms with E-state index in [1.807, 2.05) is 55.5 Å². The third-order valence-corrected chi connectivity index (χ3v) is 5.12. The highest BCUT2D eigenvalue weighted by Gasteiger charge is 2.12. The molecule has 0 aliphatic rings. The van der Waals surface area contributed by atoms with Crippen LogP contribution in [0.25, 0.3) is 0 Å². The first-order chi connectivity index (χ1) is 11.6. The van der Waals surface area contributed by atoms with Crippen LogP contribution in [0, 0.1) is 0 Å². The number of hydrogen-bond acceptors (Lipinski definition) is 3. The lowest BCUT2D eigenvalue weighted by molar-refractivity contribution is -0.120. The largest absolute Gasteiger partial charge is 0.497 e. The minimum absolute atomic E-state index is 0.0717. The van der Waals surface area contributed by atoms with Crippen LogP contribution in [0.15, 0.2) is 48.5 Å². The SMILES string of the molecule is COc1ccc(CCNC(=O)[C@@H](C)SCc2ccc(Cl)cc2)cc1. The number of carbonyl (C=O) groups is 1. The van der Waals surface area contributed by atoms with Crippen molar-refractivity contribution >= 4 is 29.3 Å². The monoisotopic (exact) mass is 363 g/mol. The number of thioether (sulfide) groups is 1. The number of halogens is 1. The topological polar surface area (TPSA) is 38.3 Å². The molecule has 0 saturated heterocycles. The normalized spacial score (nSPS) is 11.8. The van der Waals surface area contributed by atoms with Gasteiger partial charge in [0.1, 0.15) is 5.75 Å². The van der Waals surface area contributed by atoms with E-state index in [-0.39, 0.29) is 11.2 Å². The van der Waals surface area contributed by atoms with Crippen LogP contribution >= 0.6 is 23.4 Å². The number of methoxy groups -OCH3 is 1. The number of nitrogens with one attached hydrogen (secondary N) is 1. The lowest BCUT2D eigenvalue weighted by atomic mass is 10.1. The van der Waals surface area contributed by atoms with E-state index in [0.717, 1.165) is 22.9 Å². The lowest BCUT2D eigenvalue weighted by Crippen LogP contribution is -2.32. The summed E-state index contributed by atoms with van der Waals surface area (Å²) in [6.45, 7) is 2.57. The van der Waals surface area contributed by atoms with E-state index in [2.05, 4.69) is 5.32 Å². The van der Waals surface area contributed by atoms with Crippen LogP contribution in [-0.2, 0) is 17.0 Å². The van der Waals surface area contributed by atoms with E-state index in [1.54, 1.807) is 18.9 Å². The van der Waals surface area contributed by atoms with Crippen molar-refractivity contribution in [3.63, 3.8) is 0 Å². The molecule has 3 nitrogen and oxygen atoms in total. The Morgan fingerprint density at radius 2 is 1.75 bits per heavy atom. The van der Waals surface area contributed by atoms with Crippen LogP contribution in [0.4, 0.5) is 0 Å².